The second-order valence-electron chi connectivity index (χ2n) is 4.27. The molecule has 1 aromatic rings. The summed E-state index contributed by atoms with van der Waals surface area (Å²) in [6.45, 7) is 3.92. The van der Waals surface area contributed by atoms with Gasteiger partial charge in [-0.25, -0.2) is 0 Å². The molecule has 1 saturated heterocycles. The van der Waals surface area contributed by atoms with Crippen LogP contribution in [0.15, 0.2) is 22.7 Å². The molecule has 0 bridgehead atoms. The number of piperazine rings is 1. The van der Waals surface area contributed by atoms with Crippen LogP contribution >= 0.6 is 15.9 Å². The van der Waals surface area contributed by atoms with Gasteiger partial charge < -0.3 is 16.0 Å². The first-order valence-corrected chi connectivity index (χ1v) is 6.44. The van der Waals surface area contributed by atoms with Crippen molar-refractivity contribution in [3.63, 3.8) is 0 Å². The fraction of sp³-hybridized carbons (Fsp3) is 0.417. The highest BCUT2D eigenvalue weighted by atomic mass is 79.9. The number of hydrogen-bond acceptors (Lipinski definition) is 3. The van der Waals surface area contributed by atoms with E-state index in [1.165, 1.54) is 0 Å². The molecule has 92 valence electrons. The molecule has 17 heavy (non-hydrogen) atoms. The molecule has 1 aliphatic rings. The molecular weight excluding hydrogens is 282 g/mol. The van der Waals surface area contributed by atoms with Crippen LogP contribution in [-0.2, 0) is 4.79 Å². The second kappa shape index (κ2) is 5.06. The summed E-state index contributed by atoms with van der Waals surface area (Å²) in [5, 5.41) is 2.81. The van der Waals surface area contributed by atoms with Gasteiger partial charge in [-0.15, -0.1) is 0 Å². The van der Waals surface area contributed by atoms with Gasteiger partial charge in [0.1, 0.15) is 0 Å². The van der Waals surface area contributed by atoms with Gasteiger partial charge >= 0.3 is 0 Å². The van der Waals surface area contributed by atoms with Gasteiger partial charge in [-0.1, -0.05) is 22.0 Å². The molecule has 5 heteroatoms. The molecule has 0 spiro atoms. The smallest absolute Gasteiger partial charge is 0.239 e. The van der Waals surface area contributed by atoms with Crippen LogP contribution < -0.4 is 16.0 Å². The lowest BCUT2D eigenvalue weighted by molar-refractivity contribution is -0.120. The van der Waals surface area contributed by atoms with Crippen molar-refractivity contribution in [2.45, 2.75) is 13.0 Å². The van der Waals surface area contributed by atoms with Crippen molar-refractivity contribution in [3.05, 3.63) is 28.2 Å². The van der Waals surface area contributed by atoms with Crippen molar-refractivity contribution in [1.29, 1.82) is 0 Å². The summed E-state index contributed by atoms with van der Waals surface area (Å²) in [4.78, 5) is 13.4. The average molecular weight is 298 g/mol. The van der Waals surface area contributed by atoms with Gasteiger partial charge in [0.2, 0.25) is 5.91 Å². The van der Waals surface area contributed by atoms with E-state index in [9.17, 15) is 4.79 Å². The monoisotopic (exact) mass is 297 g/mol. The number of carbonyl (C=O) groups is 1. The summed E-state index contributed by atoms with van der Waals surface area (Å²) in [5.74, 6) is 0.0728. The van der Waals surface area contributed by atoms with Crippen LogP contribution in [0.5, 0.6) is 0 Å². The van der Waals surface area contributed by atoms with Crippen LogP contribution in [0.25, 0.3) is 0 Å². The van der Waals surface area contributed by atoms with Crippen molar-refractivity contribution in [2.24, 2.45) is 5.73 Å². The van der Waals surface area contributed by atoms with Crippen LogP contribution in [0, 0.1) is 0 Å². The Morgan fingerprint density at radius 2 is 2.29 bits per heavy atom. The van der Waals surface area contributed by atoms with E-state index in [-0.39, 0.29) is 11.9 Å². The van der Waals surface area contributed by atoms with Gasteiger partial charge in [0.15, 0.2) is 0 Å². The fourth-order valence-electron chi connectivity index (χ4n) is 1.94. The zero-order chi connectivity index (χ0) is 12.4. The molecule has 1 aliphatic heterocycles. The highest BCUT2D eigenvalue weighted by Crippen LogP contribution is 2.27. The maximum Gasteiger partial charge on any atom is 0.239 e. The van der Waals surface area contributed by atoms with Crippen molar-refractivity contribution in [3.8, 4) is 0 Å². The van der Waals surface area contributed by atoms with E-state index in [1.807, 2.05) is 25.1 Å². The molecule has 4 nitrogen and oxygen atoms in total. The Balaban J connectivity index is 2.22. The Bertz CT molecular complexity index is 434. The molecule has 2 rings (SSSR count). The first-order valence-electron chi connectivity index (χ1n) is 5.64. The molecule has 1 unspecified atom stereocenters. The standard InChI is InChI=1S/C12H16BrN3O/c1-8(14)10-3-2-9(6-11(10)13)16-5-4-15-12(17)7-16/h2-3,6,8H,4-5,7,14H2,1H3,(H,15,17). The van der Waals surface area contributed by atoms with Crippen molar-refractivity contribution in [2.75, 3.05) is 24.5 Å². The molecule has 1 amide bonds. The Morgan fingerprint density at radius 3 is 2.88 bits per heavy atom. The van der Waals surface area contributed by atoms with Gasteiger partial charge in [-0.05, 0) is 24.6 Å². The lowest BCUT2D eigenvalue weighted by atomic mass is 10.1. The number of nitrogens with one attached hydrogen (secondary N) is 1. The predicted octanol–water partition coefficient (Wildman–Crippen LogP) is 1.41. The van der Waals surface area contributed by atoms with E-state index in [4.69, 9.17) is 5.73 Å². The largest absolute Gasteiger partial charge is 0.360 e. The number of halogens is 1. The summed E-state index contributed by atoms with van der Waals surface area (Å²) in [5.41, 5.74) is 7.99. The Hall–Kier alpha value is -1.07. The number of carbonyl (C=O) groups excluding carboxylic acids is 1. The van der Waals surface area contributed by atoms with Crippen LogP contribution in [0.2, 0.25) is 0 Å². The number of nitrogens with zero attached hydrogens (tertiary/aromatic N) is 1. The van der Waals surface area contributed by atoms with E-state index >= 15 is 0 Å². The van der Waals surface area contributed by atoms with Crippen LogP contribution in [-0.4, -0.2) is 25.5 Å². The lowest BCUT2D eigenvalue weighted by Gasteiger charge is -2.29. The summed E-state index contributed by atoms with van der Waals surface area (Å²) < 4.78 is 0.996. The molecule has 0 radical (unpaired) electrons. The summed E-state index contributed by atoms with van der Waals surface area (Å²) >= 11 is 3.52. The van der Waals surface area contributed by atoms with Crippen LogP contribution in [0.3, 0.4) is 0 Å². The maximum absolute atomic E-state index is 11.3. The van der Waals surface area contributed by atoms with Gasteiger partial charge in [0.05, 0.1) is 6.54 Å². The van der Waals surface area contributed by atoms with E-state index in [1.54, 1.807) is 0 Å². The molecule has 0 aliphatic carbocycles. The first-order chi connectivity index (χ1) is 8.08. The summed E-state index contributed by atoms with van der Waals surface area (Å²) in [6.07, 6.45) is 0. The molecular formula is C12H16BrN3O. The lowest BCUT2D eigenvalue weighted by Crippen LogP contribution is -2.47. The third-order valence-electron chi connectivity index (χ3n) is 2.88. The molecule has 1 atom stereocenters. The maximum atomic E-state index is 11.3. The quantitative estimate of drug-likeness (QED) is 0.868. The first kappa shape index (κ1) is 12.4. The number of amides is 1. The summed E-state index contributed by atoms with van der Waals surface area (Å²) in [6, 6.07) is 6.05. The van der Waals surface area contributed by atoms with Crippen LogP contribution in [0.4, 0.5) is 5.69 Å². The van der Waals surface area contributed by atoms with E-state index in [2.05, 4.69) is 26.1 Å². The molecule has 0 saturated carbocycles. The number of benzene rings is 1. The predicted molar refractivity (Wildman–Crippen MR) is 72.0 cm³/mol. The average Bonchev–Trinajstić information content (AvgIpc) is 2.28. The van der Waals surface area contributed by atoms with Gasteiger partial charge in [-0.3, -0.25) is 4.79 Å². The normalized spacial score (nSPS) is 17.8. The summed E-state index contributed by atoms with van der Waals surface area (Å²) in [7, 11) is 0. The van der Waals surface area contributed by atoms with Gasteiger partial charge in [0, 0.05) is 29.3 Å². The minimum atomic E-state index is 0.00285. The molecule has 1 fully saturated rings. The highest BCUT2D eigenvalue weighted by Gasteiger charge is 2.17. The van der Waals surface area contributed by atoms with Crippen LogP contribution in [0.1, 0.15) is 18.5 Å². The fourth-order valence-corrected chi connectivity index (χ4v) is 2.67. The molecule has 0 aromatic heterocycles. The number of anilines is 1. The van der Waals surface area contributed by atoms with E-state index < -0.39 is 0 Å². The van der Waals surface area contributed by atoms with E-state index in [0.29, 0.717) is 13.1 Å². The Kier molecular flexibility index (Phi) is 3.69. The highest BCUT2D eigenvalue weighted by molar-refractivity contribution is 9.10. The molecule has 1 aromatic carbocycles. The van der Waals surface area contributed by atoms with Crippen molar-refractivity contribution >= 4 is 27.5 Å². The Morgan fingerprint density at radius 1 is 1.53 bits per heavy atom. The third kappa shape index (κ3) is 2.79. The van der Waals surface area contributed by atoms with Crippen molar-refractivity contribution in [1.82, 2.24) is 5.32 Å². The number of rotatable bonds is 2. The number of hydrogen-bond donors (Lipinski definition) is 2. The molecule has 3 N–H and O–H groups in total. The Labute approximate surface area is 109 Å². The van der Waals surface area contributed by atoms with Crippen molar-refractivity contribution < 1.29 is 4.79 Å². The number of nitrogens with two attached hydrogens (primary N) is 1. The molecule has 1 heterocycles. The SMILES string of the molecule is CC(N)c1ccc(N2CCNC(=O)C2)cc1Br. The minimum Gasteiger partial charge on any atom is -0.360 e. The zero-order valence-corrected chi connectivity index (χ0v) is 11.3. The second-order valence-corrected chi connectivity index (χ2v) is 5.12. The van der Waals surface area contributed by atoms with E-state index in [0.717, 1.165) is 22.3 Å². The third-order valence-corrected chi connectivity index (χ3v) is 3.56. The van der Waals surface area contributed by atoms with Gasteiger partial charge in [0.25, 0.3) is 0 Å². The van der Waals surface area contributed by atoms with Gasteiger partial charge in [-0.2, -0.15) is 0 Å². The zero-order valence-electron chi connectivity index (χ0n) is 9.74. The topological polar surface area (TPSA) is 58.4 Å². The minimum absolute atomic E-state index is 0.00285.